The highest BCUT2D eigenvalue weighted by molar-refractivity contribution is 7.99. The van der Waals surface area contributed by atoms with Crippen LogP contribution in [0.3, 0.4) is 0 Å². The number of hydrogen-bond donors (Lipinski definition) is 1. The van der Waals surface area contributed by atoms with Crippen LogP contribution in [0.5, 0.6) is 11.5 Å². The third kappa shape index (κ3) is 5.24. The summed E-state index contributed by atoms with van der Waals surface area (Å²) < 4.78 is 13.3. The molecule has 1 atom stereocenters. The van der Waals surface area contributed by atoms with E-state index in [0.717, 1.165) is 5.01 Å². The number of thioether (sulfide) groups is 1. The van der Waals surface area contributed by atoms with Gasteiger partial charge < -0.3 is 14.0 Å². The van der Waals surface area contributed by atoms with Crippen LogP contribution < -0.4 is 14.8 Å². The fraction of sp³-hybridized carbons (Fsp3) is 0.389. The van der Waals surface area contributed by atoms with Crippen LogP contribution in [0.15, 0.2) is 29.4 Å². The van der Waals surface area contributed by atoms with E-state index in [1.807, 2.05) is 49.6 Å². The molecule has 2 aromatic heterocycles. The first-order valence-electron chi connectivity index (χ1n) is 8.97. The quantitative estimate of drug-likeness (QED) is 0.512. The maximum absolute atomic E-state index is 12.2. The molecule has 0 aliphatic carbocycles. The Kier molecular flexibility index (Phi) is 7.04. The van der Waals surface area contributed by atoms with E-state index in [1.165, 1.54) is 23.1 Å². The number of para-hydroxylation sites is 2. The molecule has 1 amide bonds. The van der Waals surface area contributed by atoms with Crippen LogP contribution in [0.4, 0.5) is 5.13 Å². The predicted molar refractivity (Wildman–Crippen MR) is 112 cm³/mol. The number of methoxy groups -OCH3 is 1. The summed E-state index contributed by atoms with van der Waals surface area (Å²) in [6.45, 7) is 6.39. The SMILES string of the molecule is CCn1c(SCC(=O)Nc2nnc(C)s2)nnc1C(C)Oc1ccccc1OC. The van der Waals surface area contributed by atoms with Crippen LogP contribution in [0.25, 0.3) is 0 Å². The Morgan fingerprint density at radius 3 is 2.66 bits per heavy atom. The third-order valence-electron chi connectivity index (χ3n) is 3.90. The molecular weight excluding hydrogens is 412 g/mol. The van der Waals surface area contributed by atoms with Gasteiger partial charge in [-0.25, -0.2) is 0 Å². The van der Waals surface area contributed by atoms with Crippen molar-refractivity contribution in [2.75, 3.05) is 18.2 Å². The Hall–Kier alpha value is -2.66. The van der Waals surface area contributed by atoms with Gasteiger partial charge in [0.1, 0.15) is 5.01 Å². The van der Waals surface area contributed by atoms with Crippen molar-refractivity contribution in [1.82, 2.24) is 25.0 Å². The van der Waals surface area contributed by atoms with Crippen LogP contribution in [0.1, 0.15) is 30.8 Å². The largest absolute Gasteiger partial charge is 0.493 e. The maximum atomic E-state index is 12.2. The maximum Gasteiger partial charge on any atom is 0.236 e. The van der Waals surface area contributed by atoms with E-state index in [1.54, 1.807) is 7.11 Å². The molecule has 2 heterocycles. The summed E-state index contributed by atoms with van der Waals surface area (Å²) in [5.41, 5.74) is 0. The molecule has 0 radical (unpaired) electrons. The van der Waals surface area contributed by atoms with Crippen LogP contribution >= 0.6 is 23.1 Å². The Bertz CT molecular complexity index is 974. The number of nitrogens with zero attached hydrogens (tertiary/aromatic N) is 5. The molecule has 29 heavy (non-hydrogen) atoms. The van der Waals surface area contributed by atoms with Gasteiger partial charge in [0.2, 0.25) is 11.0 Å². The minimum absolute atomic E-state index is 0.170. The van der Waals surface area contributed by atoms with Gasteiger partial charge in [0.25, 0.3) is 0 Å². The van der Waals surface area contributed by atoms with Crippen molar-refractivity contribution in [3.63, 3.8) is 0 Å². The first-order valence-corrected chi connectivity index (χ1v) is 10.8. The van der Waals surface area contributed by atoms with E-state index < -0.39 is 0 Å². The Morgan fingerprint density at radius 1 is 1.24 bits per heavy atom. The van der Waals surface area contributed by atoms with E-state index in [2.05, 4.69) is 25.7 Å². The Labute approximate surface area is 176 Å². The van der Waals surface area contributed by atoms with E-state index in [9.17, 15) is 4.79 Å². The Morgan fingerprint density at radius 2 is 2.00 bits per heavy atom. The zero-order valence-corrected chi connectivity index (χ0v) is 18.2. The third-order valence-corrected chi connectivity index (χ3v) is 5.62. The van der Waals surface area contributed by atoms with Gasteiger partial charge in [0.05, 0.1) is 12.9 Å². The van der Waals surface area contributed by atoms with Gasteiger partial charge in [-0.05, 0) is 32.9 Å². The van der Waals surface area contributed by atoms with Gasteiger partial charge in [-0.2, -0.15) is 0 Å². The van der Waals surface area contributed by atoms with Gasteiger partial charge in [-0.3, -0.25) is 10.1 Å². The van der Waals surface area contributed by atoms with Crippen molar-refractivity contribution >= 4 is 34.1 Å². The molecule has 3 aromatic rings. The van der Waals surface area contributed by atoms with Gasteiger partial charge in [0, 0.05) is 6.54 Å². The number of benzene rings is 1. The second kappa shape index (κ2) is 9.70. The van der Waals surface area contributed by atoms with Crippen molar-refractivity contribution in [3.8, 4) is 11.5 Å². The molecule has 1 unspecified atom stereocenters. The zero-order chi connectivity index (χ0) is 20.8. The molecule has 0 saturated carbocycles. The molecule has 0 spiro atoms. The normalized spacial score (nSPS) is 11.9. The lowest BCUT2D eigenvalue weighted by Crippen LogP contribution is -2.15. The summed E-state index contributed by atoms with van der Waals surface area (Å²) >= 11 is 2.65. The van der Waals surface area contributed by atoms with E-state index >= 15 is 0 Å². The smallest absolute Gasteiger partial charge is 0.236 e. The highest BCUT2D eigenvalue weighted by Gasteiger charge is 2.20. The number of anilines is 1. The lowest BCUT2D eigenvalue weighted by atomic mass is 10.3. The summed E-state index contributed by atoms with van der Waals surface area (Å²) in [6, 6.07) is 7.45. The highest BCUT2D eigenvalue weighted by Crippen LogP contribution is 2.31. The predicted octanol–water partition coefficient (Wildman–Crippen LogP) is 3.34. The number of aromatic nitrogens is 5. The first-order chi connectivity index (χ1) is 14.0. The fourth-order valence-electron chi connectivity index (χ4n) is 2.60. The number of carbonyl (C=O) groups is 1. The summed E-state index contributed by atoms with van der Waals surface area (Å²) in [5.74, 6) is 1.99. The zero-order valence-electron chi connectivity index (χ0n) is 16.6. The molecule has 9 nitrogen and oxygen atoms in total. The lowest BCUT2D eigenvalue weighted by Gasteiger charge is -2.17. The lowest BCUT2D eigenvalue weighted by molar-refractivity contribution is -0.113. The average Bonchev–Trinajstić information content (AvgIpc) is 3.32. The molecule has 0 aliphatic heterocycles. The standard InChI is InChI=1S/C18H22N6O3S2/c1-5-24-16(11(2)27-14-9-7-6-8-13(14)26-4)21-23-18(24)28-10-15(25)19-17-22-20-12(3)29-17/h6-9,11H,5,10H2,1-4H3,(H,19,22,25). The number of rotatable bonds is 9. The second-order valence-corrected chi connectivity index (χ2v) is 8.08. The Balaban J connectivity index is 1.65. The summed E-state index contributed by atoms with van der Waals surface area (Å²) in [5, 5.41) is 21.0. The number of ether oxygens (including phenoxy) is 2. The number of carbonyl (C=O) groups excluding carboxylic acids is 1. The van der Waals surface area contributed by atoms with Crippen LogP contribution in [0.2, 0.25) is 0 Å². The fourth-order valence-corrected chi connectivity index (χ4v) is 4.01. The topological polar surface area (TPSA) is 104 Å². The van der Waals surface area contributed by atoms with Crippen molar-refractivity contribution in [3.05, 3.63) is 35.1 Å². The van der Waals surface area contributed by atoms with Gasteiger partial charge in [-0.1, -0.05) is 35.2 Å². The molecule has 0 saturated heterocycles. The number of aryl methyl sites for hydroxylation is 1. The molecular formula is C18H22N6O3S2. The summed E-state index contributed by atoms with van der Waals surface area (Å²) in [6.07, 6.45) is -0.341. The summed E-state index contributed by atoms with van der Waals surface area (Å²) in [7, 11) is 1.60. The van der Waals surface area contributed by atoms with Crippen molar-refractivity contribution in [2.24, 2.45) is 0 Å². The molecule has 0 aliphatic rings. The number of nitrogens with one attached hydrogen (secondary N) is 1. The molecule has 0 bridgehead atoms. The second-order valence-electron chi connectivity index (χ2n) is 5.96. The van der Waals surface area contributed by atoms with Gasteiger partial charge in [-0.15, -0.1) is 20.4 Å². The number of amides is 1. The first kappa shape index (κ1) is 21.1. The van der Waals surface area contributed by atoms with Crippen molar-refractivity contribution in [1.29, 1.82) is 0 Å². The van der Waals surface area contributed by atoms with E-state index in [-0.39, 0.29) is 17.8 Å². The average molecular weight is 435 g/mol. The molecule has 0 fully saturated rings. The molecule has 3 rings (SSSR count). The monoisotopic (exact) mass is 434 g/mol. The van der Waals surface area contributed by atoms with E-state index in [4.69, 9.17) is 9.47 Å². The minimum atomic E-state index is -0.341. The van der Waals surface area contributed by atoms with E-state index in [0.29, 0.717) is 34.2 Å². The summed E-state index contributed by atoms with van der Waals surface area (Å²) in [4.78, 5) is 12.2. The van der Waals surface area contributed by atoms with Gasteiger partial charge in [0.15, 0.2) is 28.6 Å². The van der Waals surface area contributed by atoms with Crippen molar-refractivity contribution < 1.29 is 14.3 Å². The van der Waals surface area contributed by atoms with Gasteiger partial charge >= 0.3 is 0 Å². The van der Waals surface area contributed by atoms with Crippen LogP contribution in [-0.2, 0) is 11.3 Å². The number of hydrogen-bond acceptors (Lipinski definition) is 9. The molecule has 1 N–H and O–H groups in total. The molecule has 154 valence electrons. The minimum Gasteiger partial charge on any atom is -0.493 e. The van der Waals surface area contributed by atoms with Crippen LogP contribution in [0, 0.1) is 6.92 Å². The van der Waals surface area contributed by atoms with Crippen molar-refractivity contribution in [2.45, 2.75) is 38.6 Å². The van der Waals surface area contributed by atoms with Crippen LogP contribution in [-0.4, -0.2) is 43.7 Å². The molecule has 1 aromatic carbocycles. The molecule has 11 heteroatoms. The highest BCUT2D eigenvalue weighted by atomic mass is 32.2.